The van der Waals surface area contributed by atoms with Crippen LogP contribution in [0.4, 0.5) is 0 Å². The molecule has 0 radical (unpaired) electrons. The highest BCUT2D eigenvalue weighted by atomic mass is 16.2. The van der Waals surface area contributed by atoms with E-state index >= 15 is 0 Å². The Balaban J connectivity index is 2.31. The Kier molecular flexibility index (Phi) is 4.78. The number of likely N-dealkylation sites (tertiary alicyclic amines) is 1. The number of nitrogens with one attached hydrogen (secondary N) is 1. The monoisotopic (exact) mass is 226 g/mol. The zero-order chi connectivity index (χ0) is 12.2. The van der Waals surface area contributed by atoms with E-state index in [1.807, 2.05) is 4.90 Å². The van der Waals surface area contributed by atoms with Gasteiger partial charge < -0.3 is 10.2 Å². The third-order valence-corrected chi connectivity index (χ3v) is 3.14. The smallest absolute Gasteiger partial charge is 0.223 e. The lowest BCUT2D eigenvalue weighted by atomic mass is 9.84. The molecule has 0 aromatic heterocycles. The van der Waals surface area contributed by atoms with Gasteiger partial charge in [0, 0.05) is 32.1 Å². The fourth-order valence-electron chi connectivity index (χ4n) is 2.26. The van der Waals surface area contributed by atoms with Crippen molar-refractivity contribution in [1.82, 2.24) is 10.2 Å². The minimum absolute atomic E-state index is 0.305. The van der Waals surface area contributed by atoms with Crippen molar-refractivity contribution in [3.8, 4) is 0 Å². The van der Waals surface area contributed by atoms with Crippen LogP contribution >= 0.6 is 0 Å². The molecule has 94 valence electrons. The van der Waals surface area contributed by atoms with Gasteiger partial charge in [-0.1, -0.05) is 27.7 Å². The fourth-order valence-corrected chi connectivity index (χ4v) is 2.26. The van der Waals surface area contributed by atoms with Crippen LogP contribution in [-0.4, -0.2) is 36.5 Å². The number of rotatable bonds is 4. The predicted octanol–water partition coefficient (Wildman–Crippen LogP) is 2.02. The SMILES string of the molecule is CC(C)NCCC(=O)N1CCCC(C)(C)C1. The van der Waals surface area contributed by atoms with Gasteiger partial charge >= 0.3 is 0 Å². The van der Waals surface area contributed by atoms with Crippen LogP contribution in [0.5, 0.6) is 0 Å². The van der Waals surface area contributed by atoms with Crippen LogP contribution in [0.25, 0.3) is 0 Å². The molecule has 1 N–H and O–H groups in total. The molecular formula is C13H26N2O. The lowest BCUT2D eigenvalue weighted by Gasteiger charge is -2.38. The maximum absolute atomic E-state index is 12.0. The van der Waals surface area contributed by atoms with Crippen molar-refractivity contribution in [3.05, 3.63) is 0 Å². The summed E-state index contributed by atoms with van der Waals surface area (Å²) in [5.74, 6) is 0.306. The molecule has 1 aliphatic rings. The zero-order valence-electron chi connectivity index (χ0n) is 11.2. The van der Waals surface area contributed by atoms with Crippen molar-refractivity contribution in [2.75, 3.05) is 19.6 Å². The highest BCUT2D eigenvalue weighted by molar-refractivity contribution is 5.76. The highest BCUT2D eigenvalue weighted by Gasteiger charge is 2.28. The molecule has 0 aliphatic carbocycles. The van der Waals surface area contributed by atoms with Crippen molar-refractivity contribution in [1.29, 1.82) is 0 Å². The largest absolute Gasteiger partial charge is 0.342 e. The number of nitrogens with zero attached hydrogens (tertiary/aromatic N) is 1. The summed E-state index contributed by atoms with van der Waals surface area (Å²) in [5, 5.41) is 3.29. The molecule has 0 unspecified atom stereocenters. The Morgan fingerprint density at radius 3 is 2.69 bits per heavy atom. The molecule has 1 saturated heterocycles. The van der Waals surface area contributed by atoms with Gasteiger partial charge in [-0.05, 0) is 18.3 Å². The van der Waals surface area contributed by atoms with E-state index in [0.29, 0.717) is 23.8 Å². The van der Waals surface area contributed by atoms with E-state index in [1.165, 1.54) is 6.42 Å². The maximum atomic E-state index is 12.0. The average molecular weight is 226 g/mol. The van der Waals surface area contributed by atoms with Gasteiger partial charge in [-0.25, -0.2) is 0 Å². The molecule has 3 heteroatoms. The molecular weight excluding hydrogens is 200 g/mol. The third kappa shape index (κ3) is 4.52. The molecule has 16 heavy (non-hydrogen) atoms. The molecule has 1 rings (SSSR count). The lowest BCUT2D eigenvalue weighted by Crippen LogP contribution is -2.44. The Labute approximate surface area is 99.6 Å². The summed E-state index contributed by atoms with van der Waals surface area (Å²) in [6.07, 6.45) is 3.02. The Morgan fingerprint density at radius 1 is 1.44 bits per heavy atom. The number of piperidine rings is 1. The van der Waals surface area contributed by atoms with Crippen molar-refractivity contribution in [2.24, 2.45) is 5.41 Å². The molecule has 0 spiro atoms. The van der Waals surface area contributed by atoms with Gasteiger partial charge in [-0.15, -0.1) is 0 Å². The van der Waals surface area contributed by atoms with E-state index in [2.05, 4.69) is 33.0 Å². The molecule has 0 atom stereocenters. The quantitative estimate of drug-likeness (QED) is 0.795. The van der Waals surface area contributed by atoms with Gasteiger partial charge in [0.25, 0.3) is 0 Å². The molecule has 1 fully saturated rings. The topological polar surface area (TPSA) is 32.3 Å². The second-order valence-corrected chi connectivity index (χ2v) is 5.94. The van der Waals surface area contributed by atoms with Crippen LogP contribution in [0, 0.1) is 5.41 Å². The van der Waals surface area contributed by atoms with Gasteiger partial charge in [0.05, 0.1) is 0 Å². The van der Waals surface area contributed by atoms with Gasteiger partial charge in [0.15, 0.2) is 0 Å². The van der Waals surface area contributed by atoms with Crippen molar-refractivity contribution >= 4 is 5.91 Å². The van der Waals surface area contributed by atoms with Gasteiger partial charge in [-0.3, -0.25) is 4.79 Å². The Hall–Kier alpha value is -0.570. The number of hydrogen-bond donors (Lipinski definition) is 1. The first-order chi connectivity index (χ1) is 7.41. The van der Waals surface area contributed by atoms with Gasteiger partial charge in [0.1, 0.15) is 0 Å². The molecule has 0 aromatic rings. The first-order valence-corrected chi connectivity index (χ1v) is 6.42. The molecule has 1 heterocycles. The summed E-state index contributed by atoms with van der Waals surface area (Å²) in [6.45, 7) is 11.4. The van der Waals surface area contributed by atoms with Crippen molar-refractivity contribution in [3.63, 3.8) is 0 Å². The molecule has 0 bridgehead atoms. The van der Waals surface area contributed by atoms with E-state index in [1.54, 1.807) is 0 Å². The predicted molar refractivity (Wildman–Crippen MR) is 67.4 cm³/mol. The van der Waals surface area contributed by atoms with Crippen LogP contribution in [0.3, 0.4) is 0 Å². The number of carbonyl (C=O) groups excluding carboxylic acids is 1. The van der Waals surface area contributed by atoms with Crippen LogP contribution in [-0.2, 0) is 4.79 Å². The van der Waals surface area contributed by atoms with Gasteiger partial charge in [-0.2, -0.15) is 0 Å². The van der Waals surface area contributed by atoms with Crippen LogP contribution < -0.4 is 5.32 Å². The molecule has 0 saturated carbocycles. The van der Waals surface area contributed by atoms with Crippen LogP contribution in [0.15, 0.2) is 0 Å². The summed E-state index contributed by atoms with van der Waals surface area (Å²) >= 11 is 0. The summed E-state index contributed by atoms with van der Waals surface area (Å²) < 4.78 is 0. The minimum atomic E-state index is 0.305. The van der Waals surface area contributed by atoms with E-state index in [-0.39, 0.29) is 0 Å². The first-order valence-electron chi connectivity index (χ1n) is 6.42. The summed E-state index contributed by atoms with van der Waals surface area (Å²) in [4.78, 5) is 14.0. The minimum Gasteiger partial charge on any atom is -0.342 e. The number of amides is 1. The molecule has 0 aromatic carbocycles. The summed E-state index contributed by atoms with van der Waals surface area (Å²) in [5.41, 5.74) is 0.305. The highest BCUT2D eigenvalue weighted by Crippen LogP contribution is 2.28. The van der Waals surface area contributed by atoms with Crippen molar-refractivity contribution in [2.45, 2.75) is 53.0 Å². The maximum Gasteiger partial charge on any atom is 0.223 e. The summed E-state index contributed by atoms with van der Waals surface area (Å²) in [7, 11) is 0. The van der Waals surface area contributed by atoms with Crippen LogP contribution in [0.2, 0.25) is 0 Å². The van der Waals surface area contributed by atoms with Crippen LogP contribution in [0.1, 0.15) is 47.0 Å². The second kappa shape index (κ2) is 5.67. The molecule has 3 nitrogen and oxygen atoms in total. The Bertz CT molecular complexity index is 236. The molecule has 1 aliphatic heterocycles. The normalized spacial score (nSPS) is 20.2. The summed E-state index contributed by atoms with van der Waals surface area (Å²) in [6, 6.07) is 0.464. The lowest BCUT2D eigenvalue weighted by molar-refractivity contribution is -0.134. The standard InChI is InChI=1S/C13H26N2O/c1-11(2)14-8-6-12(16)15-9-5-7-13(3,4)10-15/h11,14H,5-10H2,1-4H3. The van der Waals surface area contributed by atoms with E-state index in [0.717, 1.165) is 26.1 Å². The molecule has 1 amide bonds. The Morgan fingerprint density at radius 2 is 2.12 bits per heavy atom. The first kappa shape index (κ1) is 13.5. The zero-order valence-corrected chi connectivity index (χ0v) is 11.2. The van der Waals surface area contributed by atoms with E-state index < -0.39 is 0 Å². The fraction of sp³-hybridized carbons (Fsp3) is 0.923. The third-order valence-electron chi connectivity index (χ3n) is 3.14. The van der Waals surface area contributed by atoms with Crippen molar-refractivity contribution < 1.29 is 4.79 Å². The number of carbonyl (C=O) groups is 1. The van der Waals surface area contributed by atoms with E-state index in [4.69, 9.17) is 0 Å². The van der Waals surface area contributed by atoms with E-state index in [9.17, 15) is 4.79 Å². The second-order valence-electron chi connectivity index (χ2n) is 5.94. The van der Waals surface area contributed by atoms with Gasteiger partial charge in [0.2, 0.25) is 5.91 Å². The number of hydrogen-bond acceptors (Lipinski definition) is 2. The average Bonchev–Trinajstić information content (AvgIpc) is 2.15.